The Morgan fingerprint density at radius 1 is 1.17 bits per heavy atom. The lowest BCUT2D eigenvalue weighted by atomic mass is 10.0. The van der Waals surface area contributed by atoms with Crippen molar-refractivity contribution in [2.24, 2.45) is 5.92 Å². The van der Waals surface area contributed by atoms with E-state index in [-0.39, 0.29) is 10.8 Å². The summed E-state index contributed by atoms with van der Waals surface area (Å²) in [6.07, 6.45) is 5.02. The van der Waals surface area contributed by atoms with Gasteiger partial charge >= 0.3 is 0 Å². The van der Waals surface area contributed by atoms with Gasteiger partial charge in [0, 0.05) is 30.4 Å². The molecule has 1 aliphatic heterocycles. The van der Waals surface area contributed by atoms with Gasteiger partial charge in [0.2, 0.25) is 15.9 Å². The van der Waals surface area contributed by atoms with Crippen molar-refractivity contribution in [1.82, 2.24) is 4.31 Å². The van der Waals surface area contributed by atoms with Gasteiger partial charge in [-0.2, -0.15) is 4.31 Å². The molecule has 0 aliphatic carbocycles. The van der Waals surface area contributed by atoms with Crippen molar-refractivity contribution in [3.8, 4) is 5.75 Å². The number of ether oxygens (including phenoxy) is 1. The van der Waals surface area contributed by atoms with E-state index in [0.717, 1.165) is 18.4 Å². The number of anilines is 1. The summed E-state index contributed by atoms with van der Waals surface area (Å²) < 4.78 is 32.4. The van der Waals surface area contributed by atoms with E-state index in [1.165, 1.54) is 18.2 Å². The number of carbonyl (C=O) groups excluding carboxylic acids is 1. The summed E-state index contributed by atoms with van der Waals surface area (Å²) in [4.78, 5) is 12.4. The highest BCUT2D eigenvalue weighted by atomic mass is 32.2. The zero-order valence-corrected chi connectivity index (χ0v) is 17.5. The second-order valence-electron chi connectivity index (χ2n) is 7.20. The Hall–Kier alpha value is -2.64. The second-order valence-corrected chi connectivity index (χ2v) is 9.14. The number of amides is 1. The van der Waals surface area contributed by atoms with Crippen LogP contribution in [0.15, 0.2) is 59.5 Å². The summed E-state index contributed by atoms with van der Waals surface area (Å²) in [6.45, 7) is 3.17. The van der Waals surface area contributed by atoms with E-state index in [9.17, 15) is 13.2 Å². The quantitative estimate of drug-likeness (QED) is 0.730. The van der Waals surface area contributed by atoms with E-state index >= 15 is 0 Å². The van der Waals surface area contributed by atoms with E-state index < -0.39 is 10.0 Å². The fourth-order valence-corrected chi connectivity index (χ4v) is 4.98. The van der Waals surface area contributed by atoms with Crippen LogP contribution in [0.1, 0.15) is 25.3 Å². The molecule has 1 atom stereocenters. The number of piperidine rings is 1. The van der Waals surface area contributed by atoms with Crippen molar-refractivity contribution < 1.29 is 17.9 Å². The van der Waals surface area contributed by atoms with Gasteiger partial charge in [-0.1, -0.05) is 25.1 Å². The number of hydrogen-bond acceptors (Lipinski definition) is 4. The van der Waals surface area contributed by atoms with E-state index in [0.29, 0.717) is 30.4 Å². The van der Waals surface area contributed by atoms with Crippen LogP contribution in [-0.2, 0) is 14.8 Å². The average Bonchev–Trinajstić information content (AvgIpc) is 2.73. The van der Waals surface area contributed by atoms with Gasteiger partial charge < -0.3 is 10.1 Å². The smallest absolute Gasteiger partial charge is 0.248 e. The Bertz CT molecular complexity index is 984. The molecule has 3 rings (SSSR count). The Kier molecular flexibility index (Phi) is 6.71. The molecule has 0 bridgehead atoms. The number of rotatable bonds is 6. The monoisotopic (exact) mass is 414 g/mol. The second kappa shape index (κ2) is 9.24. The molecule has 0 radical (unpaired) electrons. The molecule has 7 heteroatoms. The number of methoxy groups -OCH3 is 1. The van der Waals surface area contributed by atoms with Crippen LogP contribution in [0.25, 0.3) is 6.08 Å². The lowest BCUT2D eigenvalue weighted by Crippen LogP contribution is -2.39. The first-order valence-electron chi connectivity index (χ1n) is 9.62. The van der Waals surface area contributed by atoms with Crippen LogP contribution in [0.2, 0.25) is 0 Å². The molecular weight excluding hydrogens is 388 g/mol. The van der Waals surface area contributed by atoms with Crippen molar-refractivity contribution in [3.05, 3.63) is 60.2 Å². The van der Waals surface area contributed by atoms with Crippen LogP contribution in [0, 0.1) is 5.92 Å². The van der Waals surface area contributed by atoms with Gasteiger partial charge in [0.25, 0.3) is 0 Å². The fraction of sp³-hybridized carbons (Fsp3) is 0.318. The van der Waals surface area contributed by atoms with Crippen LogP contribution in [-0.4, -0.2) is 38.8 Å². The maximum atomic E-state index is 12.8. The third kappa shape index (κ3) is 5.25. The maximum absolute atomic E-state index is 12.8. The van der Waals surface area contributed by atoms with E-state index in [4.69, 9.17) is 4.74 Å². The first kappa shape index (κ1) is 21.1. The fourth-order valence-electron chi connectivity index (χ4n) is 3.38. The zero-order chi connectivity index (χ0) is 20.9. The van der Waals surface area contributed by atoms with Gasteiger partial charge in [-0.15, -0.1) is 0 Å². The molecule has 154 valence electrons. The van der Waals surface area contributed by atoms with Gasteiger partial charge in [0.1, 0.15) is 5.75 Å². The molecule has 1 unspecified atom stereocenters. The summed E-state index contributed by atoms with van der Waals surface area (Å²) in [5.41, 5.74) is 1.33. The number of benzene rings is 2. The van der Waals surface area contributed by atoms with E-state index in [1.807, 2.05) is 24.3 Å². The number of sulfonamides is 1. The van der Waals surface area contributed by atoms with E-state index in [2.05, 4.69) is 12.2 Å². The minimum atomic E-state index is -3.50. The Morgan fingerprint density at radius 2 is 1.90 bits per heavy atom. The molecular formula is C22H26N2O4S. The first-order valence-corrected chi connectivity index (χ1v) is 11.1. The van der Waals surface area contributed by atoms with Gasteiger partial charge in [0.05, 0.1) is 12.0 Å². The van der Waals surface area contributed by atoms with Crippen LogP contribution >= 0.6 is 0 Å². The molecule has 1 N–H and O–H groups in total. The lowest BCUT2D eigenvalue weighted by Gasteiger charge is -2.30. The zero-order valence-electron chi connectivity index (χ0n) is 16.7. The summed E-state index contributed by atoms with van der Waals surface area (Å²) in [6, 6.07) is 13.7. The van der Waals surface area contributed by atoms with Gasteiger partial charge in [-0.05, 0) is 55.2 Å². The topological polar surface area (TPSA) is 75.7 Å². The predicted molar refractivity (Wildman–Crippen MR) is 114 cm³/mol. The summed E-state index contributed by atoms with van der Waals surface area (Å²) in [5.74, 6) is 0.738. The average molecular weight is 415 g/mol. The molecule has 1 saturated heterocycles. The minimum absolute atomic E-state index is 0.245. The number of nitrogens with zero attached hydrogens (tertiary/aromatic N) is 1. The van der Waals surface area contributed by atoms with Gasteiger partial charge in [-0.3, -0.25) is 4.79 Å². The minimum Gasteiger partial charge on any atom is -0.496 e. The largest absolute Gasteiger partial charge is 0.496 e. The molecule has 2 aromatic carbocycles. The molecule has 0 aromatic heterocycles. The summed E-state index contributed by atoms with van der Waals surface area (Å²) >= 11 is 0. The molecule has 1 aliphatic rings. The highest BCUT2D eigenvalue weighted by Gasteiger charge is 2.28. The predicted octanol–water partition coefficient (Wildman–Crippen LogP) is 3.77. The molecule has 2 aromatic rings. The third-order valence-corrected chi connectivity index (χ3v) is 6.81. The van der Waals surface area contributed by atoms with Crippen LogP contribution in [0.5, 0.6) is 5.75 Å². The molecule has 1 heterocycles. The van der Waals surface area contributed by atoms with Crippen molar-refractivity contribution in [3.63, 3.8) is 0 Å². The number of hydrogen-bond donors (Lipinski definition) is 1. The highest BCUT2D eigenvalue weighted by Crippen LogP contribution is 2.24. The first-order chi connectivity index (χ1) is 13.9. The van der Waals surface area contributed by atoms with Crippen LogP contribution < -0.4 is 10.1 Å². The molecule has 29 heavy (non-hydrogen) atoms. The Balaban J connectivity index is 1.65. The van der Waals surface area contributed by atoms with Crippen molar-refractivity contribution >= 4 is 27.7 Å². The van der Waals surface area contributed by atoms with Crippen LogP contribution in [0.3, 0.4) is 0 Å². The highest BCUT2D eigenvalue weighted by molar-refractivity contribution is 7.89. The summed E-state index contributed by atoms with van der Waals surface area (Å²) in [7, 11) is -1.93. The summed E-state index contributed by atoms with van der Waals surface area (Å²) in [5, 5.41) is 2.74. The van der Waals surface area contributed by atoms with Gasteiger partial charge in [0.15, 0.2) is 0 Å². The van der Waals surface area contributed by atoms with Crippen LogP contribution in [0.4, 0.5) is 5.69 Å². The third-order valence-electron chi connectivity index (χ3n) is 4.93. The van der Waals surface area contributed by atoms with Gasteiger partial charge in [-0.25, -0.2) is 8.42 Å². The number of carbonyl (C=O) groups is 1. The molecule has 0 saturated carbocycles. The van der Waals surface area contributed by atoms with Crippen molar-refractivity contribution in [2.45, 2.75) is 24.7 Å². The SMILES string of the molecule is COc1ccccc1/C=C/C(=O)Nc1ccc(S(=O)(=O)N2CCCC(C)C2)cc1. The Morgan fingerprint density at radius 3 is 2.59 bits per heavy atom. The van der Waals surface area contributed by atoms with Crippen molar-refractivity contribution in [2.75, 3.05) is 25.5 Å². The number of para-hydroxylation sites is 1. The van der Waals surface area contributed by atoms with E-state index in [1.54, 1.807) is 29.6 Å². The normalized spacial score (nSPS) is 17.9. The maximum Gasteiger partial charge on any atom is 0.248 e. The molecule has 1 amide bonds. The Labute approximate surface area is 172 Å². The standard InChI is InChI=1S/C22H26N2O4S/c1-17-6-5-15-24(16-17)29(26,27)20-12-10-19(11-13-20)23-22(25)14-9-18-7-3-4-8-21(18)28-2/h3-4,7-14,17H,5-6,15-16H2,1-2H3,(H,23,25)/b14-9+. The number of nitrogens with one attached hydrogen (secondary N) is 1. The van der Waals surface area contributed by atoms with Crippen molar-refractivity contribution in [1.29, 1.82) is 0 Å². The molecule has 6 nitrogen and oxygen atoms in total. The lowest BCUT2D eigenvalue weighted by molar-refractivity contribution is -0.111. The molecule has 0 spiro atoms. The molecule has 1 fully saturated rings.